The summed E-state index contributed by atoms with van der Waals surface area (Å²) in [5.74, 6) is 0.250. The minimum Gasteiger partial charge on any atom is -0.449 e. The van der Waals surface area contributed by atoms with Crippen LogP contribution >= 0.6 is 0 Å². The van der Waals surface area contributed by atoms with E-state index < -0.39 is 16.1 Å². The van der Waals surface area contributed by atoms with Crippen molar-refractivity contribution in [2.24, 2.45) is 11.1 Å². The summed E-state index contributed by atoms with van der Waals surface area (Å²) in [5.41, 5.74) is 0.441. The predicted octanol–water partition coefficient (Wildman–Crippen LogP) is 1.54. The molecule has 0 unspecified atom stereocenters. The molecule has 1 rings (SSSR count). The summed E-state index contributed by atoms with van der Waals surface area (Å²) >= 11 is 0. The molecular weight excluding hydrogens is 256 g/mol. The number of hydrogen-bond acceptors (Lipinski definition) is 4. The van der Waals surface area contributed by atoms with Crippen LogP contribution in [0.25, 0.3) is 0 Å². The Morgan fingerprint density at radius 1 is 1.33 bits per heavy atom. The van der Waals surface area contributed by atoms with Crippen LogP contribution in [0.15, 0.2) is 29.2 Å². The number of sulfonamides is 1. The van der Waals surface area contributed by atoms with E-state index in [0.29, 0.717) is 12.3 Å². The van der Waals surface area contributed by atoms with Crippen molar-refractivity contribution < 1.29 is 17.9 Å². The van der Waals surface area contributed by atoms with Crippen molar-refractivity contribution in [3.05, 3.63) is 24.3 Å². The van der Waals surface area contributed by atoms with Crippen LogP contribution in [0.2, 0.25) is 0 Å². The Kier molecular flexibility index (Phi) is 4.69. The van der Waals surface area contributed by atoms with Crippen LogP contribution in [0.1, 0.15) is 13.8 Å². The normalized spacial score (nSPS) is 11.3. The summed E-state index contributed by atoms with van der Waals surface area (Å²) < 4.78 is 26.9. The molecule has 0 aromatic heterocycles. The van der Waals surface area contributed by atoms with Crippen molar-refractivity contribution in [3.63, 3.8) is 0 Å². The van der Waals surface area contributed by atoms with E-state index >= 15 is 0 Å². The van der Waals surface area contributed by atoms with Crippen molar-refractivity contribution in [3.8, 4) is 0 Å². The smallest absolute Gasteiger partial charge is 0.411 e. The highest BCUT2D eigenvalue weighted by molar-refractivity contribution is 7.89. The number of nitrogens with two attached hydrogens (primary N) is 1. The Hall–Kier alpha value is -1.60. The maximum atomic E-state index is 11.3. The first kappa shape index (κ1) is 14.5. The lowest BCUT2D eigenvalue weighted by molar-refractivity contribution is 0.147. The quantitative estimate of drug-likeness (QED) is 0.868. The largest absolute Gasteiger partial charge is 0.449 e. The monoisotopic (exact) mass is 272 g/mol. The molecule has 0 aliphatic heterocycles. The maximum absolute atomic E-state index is 11.3. The molecule has 0 radical (unpaired) electrons. The Balaban J connectivity index is 2.62. The molecule has 0 spiro atoms. The van der Waals surface area contributed by atoms with Crippen LogP contribution < -0.4 is 10.5 Å². The number of carbonyl (C=O) groups excluding carboxylic acids is 1. The number of hydrogen-bond donors (Lipinski definition) is 2. The van der Waals surface area contributed by atoms with E-state index in [0.717, 1.165) is 0 Å². The molecular formula is C11H16N2O4S. The van der Waals surface area contributed by atoms with Crippen molar-refractivity contribution in [1.82, 2.24) is 0 Å². The molecule has 0 fully saturated rings. The Morgan fingerprint density at radius 3 is 2.33 bits per heavy atom. The first-order chi connectivity index (χ1) is 8.29. The highest BCUT2D eigenvalue weighted by Gasteiger charge is 2.08. The van der Waals surface area contributed by atoms with Crippen molar-refractivity contribution in [1.29, 1.82) is 0 Å². The third-order valence-electron chi connectivity index (χ3n) is 1.98. The lowest BCUT2D eigenvalue weighted by Crippen LogP contribution is -2.17. The molecule has 3 N–H and O–H groups in total. The topological polar surface area (TPSA) is 98.5 Å². The van der Waals surface area contributed by atoms with Crippen molar-refractivity contribution in [2.45, 2.75) is 18.7 Å². The molecule has 100 valence electrons. The second-order valence-corrected chi connectivity index (χ2v) is 5.75. The lowest BCUT2D eigenvalue weighted by Gasteiger charge is -2.08. The molecule has 0 aliphatic carbocycles. The van der Waals surface area contributed by atoms with Gasteiger partial charge < -0.3 is 4.74 Å². The number of anilines is 1. The molecule has 0 saturated carbocycles. The summed E-state index contributed by atoms with van der Waals surface area (Å²) in [5, 5.41) is 7.43. The van der Waals surface area contributed by atoms with E-state index in [1.807, 2.05) is 13.8 Å². The van der Waals surface area contributed by atoms with Gasteiger partial charge in [-0.2, -0.15) is 0 Å². The number of carbonyl (C=O) groups is 1. The molecule has 0 saturated heterocycles. The molecule has 0 bridgehead atoms. The van der Waals surface area contributed by atoms with Gasteiger partial charge in [0.05, 0.1) is 11.5 Å². The summed E-state index contributed by atoms with van der Waals surface area (Å²) in [6.07, 6.45) is -0.577. The van der Waals surface area contributed by atoms with Crippen molar-refractivity contribution in [2.75, 3.05) is 11.9 Å². The van der Waals surface area contributed by atoms with Crippen LogP contribution in [0.5, 0.6) is 0 Å². The minimum absolute atomic E-state index is 0.0106. The van der Waals surface area contributed by atoms with Gasteiger partial charge in [0, 0.05) is 5.69 Å². The third kappa shape index (κ3) is 4.72. The second kappa shape index (κ2) is 5.83. The molecule has 0 heterocycles. The average Bonchev–Trinajstić information content (AvgIpc) is 2.26. The van der Waals surface area contributed by atoms with E-state index in [-0.39, 0.29) is 10.8 Å². The first-order valence-electron chi connectivity index (χ1n) is 5.35. The predicted molar refractivity (Wildman–Crippen MR) is 67.6 cm³/mol. The average molecular weight is 272 g/mol. The SMILES string of the molecule is CC(C)COC(=O)Nc1ccc(S(N)(=O)=O)cc1. The Bertz CT molecular complexity index is 508. The van der Waals surface area contributed by atoms with E-state index in [4.69, 9.17) is 9.88 Å². The fourth-order valence-corrected chi connectivity index (χ4v) is 1.64. The van der Waals surface area contributed by atoms with Gasteiger partial charge >= 0.3 is 6.09 Å². The number of nitrogens with one attached hydrogen (secondary N) is 1. The zero-order valence-electron chi connectivity index (χ0n) is 10.2. The van der Waals surface area contributed by atoms with Gasteiger partial charge in [-0.25, -0.2) is 18.4 Å². The highest BCUT2D eigenvalue weighted by Crippen LogP contribution is 2.12. The van der Waals surface area contributed by atoms with Crippen LogP contribution in [-0.4, -0.2) is 21.1 Å². The van der Waals surface area contributed by atoms with Gasteiger partial charge in [0.1, 0.15) is 0 Å². The third-order valence-corrected chi connectivity index (χ3v) is 2.91. The summed E-state index contributed by atoms with van der Waals surface area (Å²) in [6, 6.07) is 5.51. The molecule has 1 amide bonds. The molecule has 0 aliphatic rings. The number of primary sulfonamides is 1. The fourth-order valence-electron chi connectivity index (χ4n) is 1.12. The van der Waals surface area contributed by atoms with Crippen LogP contribution in [0.4, 0.5) is 10.5 Å². The van der Waals surface area contributed by atoms with Crippen molar-refractivity contribution >= 4 is 21.8 Å². The highest BCUT2D eigenvalue weighted by atomic mass is 32.2. The Labute approximate surface area is 106 Å². The van der Waals surface area contributed by atoms with E-state index in [1.54, 1.807) is 0 Å². The van der Waals surface area contributed by atoms with Gasteiger partial charge in [0.25, 0.3) is 0 Å². The van der Waals surface area contributed by atoms with Crippen LogP contribution in [-0.2, 0) is 14.8 Å². The van der Waals surface area contributed by atoms with E-state index in [2.05, 4.69) is 5.32 Å². The molecule has 0 atom stereocenters. The number of rotatable bonds is 4. The molecule has 1 aromatic carbocycles. The fraction of sp³-hybridized carbons (Fsp3) is 0.364. The van der Waals surface area contributed by atoms with Crippen LogP contribution in [0.3, 0.4) is 0 Å². The summed E-state index contributed by atoms with van der Waals surface area (Å²) in [4.78, 5) is 11.3. The summed E-state index contributed by atoms with van der Waals surface area (Å²) in [7, 11) is -3.71. The van der Waals surface area contributed by atoms with Gasteiger partial charge in [-0.15, -0.1) is 0 Å². The zero-order chi connectivity index (χ0) is 13.8. The number of benzene rings is 1. The zero-order valence-corrected chi connectivity index (χ0v) is 11.0. The molecule has 1 aromatic rings. The maximum Gasteiger partial charge on any atom is 0.411 e. The van der Waals surface area contributed by atoms with Crippen LogP contribution in [0, 0.1) is 5.92 Å². The summed E-state index contributed by atoms with van der Waals surface area (Å²) in [6.45, 7) is 4.17. The van der Waals surface area contributed by atoms with E-state index in [9.17, 15) is 13.2 Å². The van der Waals surface area contributed by atoms with E-state index in [1.165, 1.54) is 24.3 Å². The van der Waals surface area contributed by atoms with Gasteiger partial charge in [-0.05, 0) is 30.2 Å². The number of ether oxygens (including phenoxy) is 1. The number of amides is 1. The second-order valence-electron chi connectivity index (χ2n) is 4.19. The molecule has 6 nitrogen and oxygen atoms in total. The van der Waals surface area contributed by atoms with Gasteiger partial charge in [0.2, 0.25) is 10.0 Å². The first-order valence-corrected chi connectivity index (χ1v) is 6.90. The van der Waals surface area contributed by atoms with Gasteiger partial charge in [-0.3, -0.25) is 5.32 Å². The van der Waals surface area contributed by atoms with Gasteiger partial charge in [0.15, 0.2) is 0 Å². The molecule has 18 heavy (non-hydrogen) atoms. The van der Waals surface area contributed by atoms with Gasteiger partial charge in [-0.1, -0.05) is 13.8 Å². The standard InChI is InChI=1S/C11H16N2O4S/c1-8(2)7-17-11(14)13-9-3-5-10(6-4-9)18(12,15)16/h3-6,8H,7H2,1-2H3,(H,13,14)(H2,12,15,16). The Morgan fingerprint density at radius 2 is 1.89 bits per heavy atom. The lowest BCUT2D eigenvalue weighted by atomic mass is 10.2. The molecule has 7 heteroatoms. The minimum atomic E-state index is -3.71.